The van der Waals surface area contributed by atoms with E-state index in [2.05, 4.69) is 4.98 Å². The normalized spacial score (nSPS) is 18.2. The van der Waals surface area contributed by atoms with Gasteiger partial charge in [0, 0.05) is 31.0 Å². The molecular weight excluding hydrogens is 386 g/mol. The molecule has 1 aliphatic heterocycles. The SMILES string of the molecule is COc1ccc(/C(O)=C2\C(=O)C(=O)N(CCN(C)C)[C@@H]2c2cccnc2)cc1OC. The highest BCUT2D eigenvalue weighted by Gasteiger charge is 2.46. The number of aliphatic hydroxyl groups excluding tert-OH is 1. The van der Waals surface area contributed by atoms with Gasteiger partial charge >= 0.3 is 0 Å². The van der Waals surface area contributed by atoms with E-state index in [1.807, 2.05) is 19.0 Å². The summed E-state index contributed by atoms with van der Waals surface area (Å²) in [6.45, 7) is 0.903. The van der Waals surface area contributed by atoms with E-state index in [-0.39, 0.29) is 11.3 Å². The number of nitrogens with zero attached hydrogens (tertiary/aromatic N) is 3. The molecule has 1 atom stereocenters. The van der Waals surface area contributed by atoms with Crippen LogP contribution >= 0.6 is 0 Å². The summed E-state index contributed by atoms with van der Waals surface area (Å²) in [7, 11) is 6.77. The molecule has 0 aliphatic carbocycles. The Kier molecular flexibility index (Phi) is 6.37. The minimum atomic E-state index is -0.730. The number of methoxy groups -OCH3 is 2. The molecule has 1 aliphatic rings. The Morgan fingerprint density at radius 1 is 1.17 bits per heavy atom. The number of ether oxygens (including phenoxy) is 2. The number of aliphatic hydroxyl groups is 1. The van der Waals surface area contributed by atoms with Crippen LogP contribution in [0.15, 0.2) is 48.3 Å². The second-order valence-corrected chi connectivity index (χ2v) is 7.15. The minimum Gasteiger partial charge on any atom is -0.507 e. The Balaban J connectivity index is 2.14. The lowest BCUT2D eigenvalue weighted by Crippen LogP contribution is -2.35. The molecule has 0 saturated carbocycles. The summed E-state index contributed by atoms with van der Waals surface area (Å²) >= 11 is 0. The van der Waals surface area contributed by atoms with Crippen LogP contribution in [0.3, 0.4) is 0 Å². The largest absolute Gasteiger partial charge is 0.507 e. The molecule has 0 radical (unpaired) electrons. The number of rotatable bonds is 7. The van der Waals surface area contributed by atoms with E-state index in [4.69, 9.17) is 9.47 Å². The number of amides is 1. The van der Waals surface area contributed by atoms with Crippen molar-refractivity contribution in [3.05, 3.63) is 59.4 Å². The first kappa shape index (κ1) is 21.3. The Hall–Kier alpha value is -3.39. The van der Waals surface area contributed by atoms with Crippen LogP contribution < -0.4 is 9.47 Å². The van der Waals surface area contributed by atoms with Crippen molar-refractivity contribution in [2.75, 3.05) is 41.4 Å². The lowest BCUT2D eigenvalue weighted by molar-refractivity contribution is -0.140. The van der Waals surface area contributed by atoms with Gasteiger partial charge in [-0.05, 0) is 43.9 Å². The van der Waals surface area contributed by atoms with Crippen molar-refractivity contribution in [3.63, 3.8) is 0 Å². The third-order valence-corrected chi connectivity index (χ3v) is 4.99. The van der Waals surface area contributed by atoms with Gasteiger partial charge in [-0.15, -0.1) is 0 Å². The molecule has 0 spiro atoms. The van der Waals surface area contributed by atoms with Crippen LogP contribution in [0.1, 0.15) is 17.2 Å². The number of benzene rings is 1. The van der Waals surface area contributed by atoms with Gasteiger partial charge in [0.05, 0.1) is 25.8 Å². The summed E-state index contributed by atoms with van der Waals surface area (Å²) in [4.78, 5) is 33.3. The third kappa shape index (κ3) is 3.99. The predicted octanol–water partition coefficient (Wildman–Crippen LogP) is 2.08. The zero-order valence-electron chi connectivity index (χ0n) is 17.5. The number of ketones is 1. The van der Waals surface area contributed by atoms with Crippen molar-refractivity contribution in [2.24, 2.45) is 0 Å². The molecule has 158 valence electrons. The molecular formula is C22H25N3O5. The van der Waals surface area contributed by atoms with E-state index >= 15 is 0 Å². The topological polar surface area (TPSA) is 92.2 Å². The number of pyridine rings is 1. The molecule has 3 rings (SSSR count). The maximum Gasteiger partial charge on any atom is 0.295 e. The molecule has 1 amide bonds. The van der Waals surface area contributed by atoms with Gasteiger partial charge in [0.1, 0.15) is 5.76 Å². The summed E-state index contributed by atoms with van der Waals surface area (Å²) in [5.74, 6) is -0.747. The molecule has 1 N–H and O–H groups in total. The van der Waals surface area contributed by atoms with Crippen molar-refractivity contribution < 1.29 is 24.2 Å². The minimum absolute atomic E-state index is 0.0268. The Bertz CT molecular complexity index is 972. The molecule has 1 saturated heterocycles. The van der Waals surface area contributed by atoms with Crippen LogP contribution in [0.25, 0.3) is 5.76 Å². The number of likely N-dealkylation sites (tertiary alicyclic amines) is 1. The predicted molar refractivity (Wildman–Crippen MR) is 111 cm³/mol. The molecule has 0 bridgehead atoms. The van der Waals surface area contributed by atoms with Crippen molar-refractivity contribution >= 4 is 17.4 Å². The van der Waals surface area contributed by atoms with Crippen molar-refractivity contribution in [3.8, 4) is 11.5 Å². The molecule has 2 heterocycles. The van der Waals surface area contributed by atoms with Crippen LogP contribution in [0.4, 0.5) is 0 Å². The molecule has 1 fully saturated rings. The summed E-state index contributed by atoms with van der Waals surface area (Å²) in [5.41, 5.74) is 1.03. The van der Waals surface area contributed by atoms with Gasteiger partial charge in [-0.1, -0.05) is 6.07 Å². The van der Waals surface area contributed by atoms with Gasteiger partial charge in [0.15, 0.2) is 11.5 Å². The maximum atomic E-state index is 12.9. The molecule has 1 aromatic heterocycles. The second kappa shape index (κ2) is 8.96. The monoisotopic (exact) mass is 411 g/mol. The lowest BCUT2D eigenvalue weighted by atomic mass is 9.96. The summed E-state index contributed by atoms with van der Waals surface area (Å²) in [6, 6.07) is 7.61. The van der Waals surface area contributed by atoms with E-state index in [0.29, 0.717) is 35.7 Å². The Morgan fingerprint density at radius 3 is 2.50 bits per heavy atom. The summed E-state index contributed by atoms with van der Waals surface area (Å²) in [6.07, 6.45) is 3.21. The Labute approximate surface area is 175 Å². The van der Waals surface area contributed by atoms with E-state index in [1.165, 1.54) is 19.1 Å². The number of hydrogen-bond acceptors (Lipinski definition) is 7. The number of likely N-dealkylation sites (N-methyl/N-ethyl adjacent to an activating group) is 1. The standard InChI is InChI=1S/C22H25N3O5/c1-24(2)10-11-25-19(15-6-5-9-23-13-15)18(21(27)22(25)28)20(26)14-7-8-16(29-3)17(12-14)30-4/h5-9,12-13,19,26H,10-11H2,1-4H3/b20-18+/t19-/m1/s1. The van der Waals surface area contributed by atoms with Crippen LogP contribution in [0.5, 0.6) is 11.5 Å². The number of carbonyl (C=O) groups excluding carboxylic acids is 2. The number of Topliss-reactive ketones (excluding diaryl/α,β-unsaturated/α-hetero) is 1. The first-order chi connectivity index (χ1) is 14.4. The van der Waals surface area contributed by atoms with Crippen molar-refractivity contribution in [1.82, 2.24) is 14.8 Å². The molecule has 0 unspecified atom stereocenters. The van der Waals surface area contributed by atoms with Crippen molar-refractivity contribution in [2.45, 2.75) is 6.04 Å². The molecule has 30 heavy (non-hydrogen) atoms. The fourth-order valence-corrected chi connectivity index (χ4v) is 3.44. The van der Waals surface area contributed by atoms with Crippen LogP contribution in [0, 0.1) is 0 Å². The zero-order valence-corrected chi connectivity index (χ0v) is 17.5. The summed E-state index contributed by atoms with van der Waals surface area (Å²) in [5, 5.41) is 11.1. The van der Waals surface area contributed by atoms with E-state index in [0.717, 1.165) is 0 Å². The number of aromatic nitrogens is 1. The van der Waals surface area contributed by atoms with Crippen molar-refractivity contribution in [1.29, 1.82) is 0 Å². The molecule has 8 nitrogen and oxygen atoms in total. The third-order valence-electron chi connectivity index (χ3n) is 4.99. The summed E-state index contributed by atoms with van der Waals surface area (Å²) < 4.78 is 10.5. The van der Waals surface area contributed by atoms with Gasteiger partial charge < -0.3 is 24.4 Å². The van der Waals surface area contributed by atoms with Crippen LogP contribution in [-0.4, -0.2) is 73.0 Å². The fraction of sp³-hybridized carbons (Fsp3) is 0.318. The van der Waals surface area contributed by atoms with E-state index < -0.39 is 17.7 Å². The van der Waals surface area contributed by atoms with Gasteiger partial charge in [-0.3, -0.25) is 14.6 Å². The van der Waals surface area contributed by atoms with E-state index in [1.54, 1.807) is 42.7 Å². The van der Waals surface area contributed by atoms with Gasteiger partial charge in [0.2, 0.25) is 0 Å². The lowest BCUT2D eigenvalue weighted by Gasteiger charge is -2.26. The number of carbonyl (C=O) groups is 2. The van der Waals surface area contributed by atoms with Crippen LogP contribution in [-0.2, 0) is 9.59 Å². The molecule has 8 heteroatoms. The van der Waals surface area contributed by atoms with Gasteiger partial charge in [0.25, 0.3) is 11.7 Å². The van der Waals surface area contributed by atoms with Gasteiger partial charge in [-0.25, -0.2) is 0 Å². The second-order valence-electron chi connectivity index (χ2n) is 7.15. The van der Waals surface area contributed by atoms with E-state index in [9.17, 15) is 14.7 Å². The highest BCUT2D eigenvalue weighted by atomic mass is 16.5. The fourth-order valence-electron chi connectivity index (χ4n) is 3.44. The highest BCUT2D eigenvalue weighted by molar-refractivity contribution is 6.46. The molecule has 2 aromatic rings. The number of hydrogen-bond donors (Lipinski definition) is 1. The average molecular weight is 411 g/mol. The van der Waals surface area contributed by atoms with Crippen LogP contribution in [0.2, 0.25) is 0 Å². The quantitative estimate of drug-likeness (QED) is 0.424. The average Bonchev–Trinajstić information content (AvgIpc) is 3.01. The Morgan fingerprint density at radius 2 is 1.90 bits per heavy atom. The zero-order chi connectivity index (χ0) is 21.8. The maximum absolute atomic E-state index is 12.9. The highest BCUT2D eigenvalue weighted by Crippen LogP contribution is 2.40. The smallest absolute Gasteiger partial charge is 0.295 e. The van der Waals surface area contributed by atoms with Gasteiger partial charge in [-0.2, -0.15) is 0 Å². The molecule has 1 aromatic carbocycles. The first-order valence-electron chi connectivity index (χ1n) is 9.44. The first-order valence-corrected chi connectivity index (χ1v) is 9.44.